The van der Waals surface area contributed by atoms with Crippen molar-refractivity contribution >= 4 is 11.8 Å². The summed E-state index contributed by atoms with van der Waals surface area (Å²) >= 11 is 2.05. The summed E-state index contributed by atoms with van der Waals surface area (Å²) in [6.45, 7) is 8.10. The fourth-order valence-electron chi connectivity index (χ4n) is 4.23. The SMILES string of the molecule is Cc1cccc(CN2CCC(CNCC3Cc4ccccc4S3)CC2)c1. The number of hydrogen-bond acceptors (Lipinski definition) is 3. The van der Waals surface area contributed by atoms with Crippen molar-refractivity contribution in [1.29, 1.82) is 0 Å². The number of thioether (sulfide) groups is 1. The Balaban J connectivity index is 1.15. The molecule has 4 rings (SSSR count). The third kappa shape index (κ3) is 4.70. The summed E-state index contributed by atoms with van der Waals surface area (Å²) in [5, 5.41) is 4.48. The number of fused-ring (bicyclic) bond motifs is 1. The lowest BCUT2D eigenvalue weighted by atomic mass is 9.96. The van der Waals surface area contributed by atoms with Crippen LogP contribution in [0.4, 0.5) is 0 Å². The van der Waals surface area contributed by atoms with Gasteiger partial charge in [-0.05, 0) is 68.9 Å². The third-order valence-electron chi connectivity index (χ3n) is 5.71. The number of piperidine rings is 1. The van der Waals surface area contributed by atoms with Crippen LogP contribution < -0.4 is 5.32 Å². The highest BCUT2D eigenvalue weighted by atomic mass is 32.2. The first-order chi connectivity index (χ1) is 12.8. The second-order valence-corrected chi connectivity index (χ2v) is 9.26. The van der Waals surface area contributed by atoms with Gasteiger partial charge < -0.3 is 5.32 Å². The van der Waals surface area contributed by atoms with E-state index in [2.05, 4.69) is 77.4 Å². The summed E-state index contributed by atoms with van der Waals surface area (Å²) in [6, 6.07) is 17.8. The molecule has 0 radical (unpaired) electrons. The minimum absolute atomic E-state index is 0.716. The number of rotatable bonds is 6. The van der Waals surface area contributed by atoms with Gasteiger partial charge in [0, 0.05) is 23.2 Å². The van der Waals surface area contributed by atoms with E-state index < -0.39 is 0 Å². The van der Waals surface area contributed by atoms with Crippen molar-refractivity contribution < 1.29 is 0 Å². The van der Waals surface area contributed by atoms with Crippen molar-refractivity contribution in [2.75, 3.05) is 26.2 Å². The predicted molar refractivity (Wildman–Crippen MR) is 112 cm³/mol. The van der Waals surface area contributed by atoms with Gasteiger partial charge >= 0.3 is 0 Å². The van der Waals surface area contributed by atoms with Gasteiger partial charge in [0.1, 0.15) is 0 Å². The van der Waals surface area contributed by atoms with Gasteiger partial charge in [-0.15, -0.1) is 11.8 Å². The summed E-state index contributed by atoms with van der Waals surface area (Å²) in [5.74, 6) is 0.845. The van der Waals surface area contributed by atoms with Crippen LogP contribution in [-0.4, -0.2) is 36.3 Å². The van der Waals surface area contributed by atoms with Crippen LogP contribution in [0.2, 0.25) is 0 Å². The number of hydrogen-bond donors (Lipinski definition) is 1. The lowest BCUT2D eigenvalue weighted by Gasteiger charge is -2.32. The lowest BCUT2D eigenvalue weighted by Crippen LogP contribution is -2.38. The second kappa shape index (κ2) is 8.60. The van der Waals surface area contributed by atoms with Gasteiger partial charge in [0.15, 0.2) is 0 Å². The van der Waals surface area contributed by atoms with Gasteiger partial charge in [-0.3, -0.25) is 4.90 Å². The number of aryl methyl sites for hydroxylation is 1. The van der Waals surface area contributed by atoms with Crippen LogP contribution >= 0.6 is 11.8 Å². The zero-order valence-corrected chi connectivity index (χ0v) is 16.6. The first-order valence-electron chi connectivity index (χ1n) is 9.99. The van der Waals surface area contributed by atoms with Crippen molar-refractivity contribution in [2.24, 2.45) is 5.92 Å². The molecule has 0 amide bonds. The van der Waals surface area contributed by atoms with Gasteiger partial charge in [-0.2, -0.15) is 0 Å². The highest BCUT2D eigenvalue weighted by Crippen LogP contribution is 2.36. The molecule has 26 heavy (non-hydrogen) atoms. The molecule has 1 N–H and O–H groups in total. The van der Waals surface area contributed by atoms with E-state index in [0.717, 1.165) is 19.0 Å². The smallest absolute Gasteiger partial charge is 0.0260 e. The van der Waals surface area contributed by atoms with Gasteiger partial charge in [0.2, 0.25) is 0 Å². The number of nitrogens with zero attached hydrogens (tertiary/aromatic N) is 1. The second-order valence-electron chi connectivity index (χ2n) is 7.92. The molecule has 1 atom stereocenters. The standard InChI is InChI=1S/C23H30N2S/c1-18-5-4-6-20(13-18)17-25-11-9-19(10-12-25)15-24-16-22-14-21-7-2-3-8-23(21)26-22/h2-8,13,19,22,24H,9-12,14-17H2,1H3. The van der Waals surface area contributed by atoms with Crippen LogP contribution in [0, 0.1) is 12.8 Å². The van der Waals surface area contributed by atoms with Gasteiger partial charge in [0.25, 0.3) is 0 Å². The molecule has 2 aromatic carbocycles. The van der Waals surface area contributed by atoms with Crippen LogP contribution in [0.5, 0.6) is 0 Å². The molecule has 2 aliphatic heterocycles. The Morgan fingerprint density at radius 2 is 1.88 bits per heavy atom. The number of nitrogens with one attached hydrogen (secondary N) is 1. The Bertz CT molecular complexity index is 697. The zero-order chi connectivity index (χ0) is 17.8. The first kappa shape index (κ1) is 18.1. The molecular formula is C23H30N2S. The van der Waals surface area contributed by atoms with E-state index in [9.17, 15) is 0 Å². The highest BCUT2D eigenvalue weighted by Gasteiger charge is 2.23. The maximum atomic E-state index is 3.76. The minimum Gasteiger partial charge on any atom is -0.315 e. The maximum Gasteiger partial charge on any atom is 0.0260 e. The maximum absolute atomic E-state index is 3.76. The first-order valence-corrected chi connectivity index (χ1v) is 10.9. The summed E-state index contributed by atoms with van der Waals surface area (Å²) in [6.07, 6.45) is 3.89. The van der Waals surface area contributed by atoms with Crippen LogP contribution in [-0.2, 0) is 13.0 Å². The van der Waals surface area contributed by atoms with Crippen molar-refractivity contribution in [3.05, 3.63) is 65.2 Å². The summed E-state index contributed by atoms with van der Waals surface area (Å²) in [7, 11) is 0. The Labute approximate surface area is 162 Å². The van der Waals surface area contributed by atoms with E-state index in [-0.39, 0.29) is 0 Å². The highest BCUT2D eigenvalue weighted by molar-refractivity contribution is 8.00. The van der Waals surface area contributed by atoms with Gasteiger partial charge in [-0.25, -0.2) is 0 Å². The molecule has 138 valence electrons. The molecule has 1 saturated heterocycles. The topological polar surface area (TPSA) is 15.3 Å². The lowest BCUT2D eigenvalue weighted by molar-refractivity contribution is 0.175. The van der Waals surface area contributed by atoms with E-state index in [1.165, 1.54) is 60.5 Å². The quantitative estimate of drug-likeness (QED) is 0.809. The van der Waals surface area contributed by atoms with E-state index in [0.29, 0.717) is 5.25 Å². The number of benzene rings is 2. The fourth-order valence-corrected chi connectivity index (χ4v) is 5.52. The molecule has 2 aliphatic rings. The molecule has 1 fully saturated rings. The van der Waals surface area contributed by atoms with Crippen LogP contribution in [0.3, 0.4) is 0 Å². The molecule has 0 bridgehead atoms. The average Bonchev–Trinajstić information content (AvgIpc) is 3.06. The van der Waals surface area contributed by atoms with Gasteiger partial charge in [0.05, 0.1) is 0 Å². The normalized spacial score (nSPS) is 21.0. The minimum atomic E-state index is 0.716. The van der Waals surface area contributed by atoms with E-state index in [4.69, 9.17) is 0 Å². The number of likely N-dealkylation sites (tertiary alicyclic amines) is 1. The van der Waals surface area contributed by atoms with Crippen molar-refractivity contribution in [1.82, 2.24) is 10.2 Å². The van der Waals surface area contributed by atoms with E-state index in [1.54, 1.807) is 0 Å². The van der Waals surface area contributed by atoms with Crippen LogP contribution in [0.1, 0.15) is 29.5 Å². The molecule has 2 heterocycles. The summed E-state index contributed by atoms with van der Waals surface area (Å²) in [5.41, 5.74) is 4.36. The summed E-state index contributed by atoms with van der Waals surface area (Å²) < 4.78 is 0. The van der Waals surface area contributed by atoms with Crippen LogP contribution in [0.15, 0.2) is 53.4 Å². The molecule has 2 nitrogen and oxygen atoms in total. The molecule has 0 saturated carbocycles. The predicted octanol–water partition coefficient (Wildman–Crippen LogP) is 4.51. The molecule has 0 aliphatic carbocycles. The van der Waals surface area contributed by atoms with E-state index in [1.807, 2.05) is 0 Å². The monoisotopic (exact) mass is 366 g/mol. The average molecular weight is 367 g/mol. The molecular weight excluding hydrogens is 336 g/mol. The fraction of sp³-hybridized carbons (Fsp3) is 0.478. The molecule has 2 aromatic rings. The van der Waals surface area contributed by atoms with Crippen molar-refractivity contribution in [2.45, 2.75) is 42.9 Å². The zero-order valence-electron chi connectivity index (χ0n) is 15.8. The Kier molecular flexibility index (Phi) is 5.98. The molecule has 1 unspecified atom stereocenters. The Hall–Kier alpha value is -1.29. The Morgan fingerprint density at radius 1 is 1.04 bits per heavy atom. The van der Waals surface area contributed by atoms with E-state index >= 15 is 0 Å². The van der Waals surface area contributed by atoms with Crippen molar-refractivity contribution in [3.63, 3.8) is 0 Å². The summed E-state index contributed by atoms with van der Waals surface area (Å²) in [4.78, 5) is 4.11. The molecule has 0 aromatic heterocycles. The molecule has 3 heteroatoms. The van der Waals surface area contributed by atoms with Crippen molar-refractivity contribution in [3.8, 4) is 0 Å². The van der Waals surface area contributed by atoms with Crippen LogP contribution in [0.25, 0.3) is 0 Å². The molecule has 0 spiro atoms. The third-order valence-corrected chi connectivity index (χ3v) is 7.03. The largest absolute Gasteiger partial charge is 0.315 e. The van der Waals surface area contributed by atoms with Gasteiger partial charge in [-0.1, -0.05) is 48.0 Å². The Morgan fingerprint density at radius 3 is 2.69 bits per heavy atom.